The number of halogens is 1. The average Bonchev–Trinajstić information content (AvgIpc) is 3.20. The highest BCUT2D eigenvalue weighted by atomic mass is 32.2. The Balaban J connectivity index is 2.27. The SMILES string of the molecule is CSC1(CNS(=O)(=O)c2cc(CN)cc(F)c2C)CC1. The molecule has 2 rings (SSSR count). The second-order valence-corrected chi connectivity index (χ2v) is 8.13. The van der Waals surface area contributed by atoms with Crippen molar-refractivity contribution in [3.8, 4) is 0 Å². The largest absolute Gasteiger partial charge is 0.326 e. The maximum absolute atomic E-state index is 13.8. The molecule has 1 aliphatic rings. The van der Waals surface area contributed by atoms with E-state index in [1.54, 1.807) is 11.8 Å². The zero-order valence-electron chi connectivity index (χ0n) is 11.6. The fourth-order valence-corrected chi connectivity index (χ4v) is 4.25. The van der Waals surface area contributed by atoms with Crippen molar-refractivity contribution in [2.45, 2.75) is 36.0 Å². The smallest absolute Gasteiger partial charge is 0.240 e. The Hall–Kier alpha value is -0.630. The molecule has 0 heterocycles. The van der Waals surface area contributed by atoms with Gasteiger partial charge in [-0.2, -0.15) is 11.8 Å². The first-order chi connectivity index (χ1) is 9.33. The van der Waals surface area contributed by atoms with Crippen LogP contribution in [-0.2, 0) is 16.6 Å². The number of nitrogens with two attached hydrogens (primary N) is 1. The van der Waals surface area contributed by atoms with E-state index >= 15 is 0 Å². The number of rotatable bonds is 6. The molecule has 112 valence electrons. The van der Waals surface area contributed by atoms with E-state index in [1.807, 2.05) is 6.26 Å². The molecule has 1 saturated carbocycles. The van der Waals surface area contributed by atoms with Gasteiger partial charge in [0.15, 0.2) is 0 Å². The molecule has 0 aliphatic heterocycles. The third kappa shape index (κ3) is 3.16. The Morgan fingerprint density at radius 3 is 2.60 bits per heavy atom. The van der Waals surface area contributed by atoms with E-state index in [-0.39, 0.29) is 21.8 Å². The highest BCUT2D eigenvalue weighted by molar-refractivity contribution is 8.00. The first-order valence-electron chi connectivity index (χ1n) is 6.37. The van der Waals surface area contributed by atoms with E-state index in [2.05, 4.69) is 4.72 Å². The minimum Gasteiger partial charge on any atom is -0.326 e. The van der Waals surface area contributed by atoms with E-state index in [1.165, 1.54) is 19.1 Å². The van der Waals surface area contributed by atoms with Crippen LogP contribution in [0.3, 0.4) is 0 Å². The van der Waals surface area contributed by atoms with Crippen LogP contribution in [0.4, 0.5) is 4.39 Å². The Morgan fingerprint density at radius 2 is 2.10 bits per heavy atom. The lowest BCUT2D eigenvalue weighted by atomic mass is 10.1. The zero-order valence-corrected chi connectivity index (χ0v) is 13.2. The van der Waals surface area contributed by atoms with Crippen LogP contribution in [0.2, 0.25) is 0 Å². The zero-order chi connectivity index (χ0) is 15.0. The monoisotopic (exact) mass is 318 g/mol. The number of nitrogens with one attached hydrogen (secondary N) is 1. The van der Waals surface area contributed by atoms with Gasteiger partial charge in [0.25, 0.3) is 0 Å². The Bertz CT molecular complexity index is 613. The van der Waals surface area contributed by atoms with E-state index < -0.39 is 15.8 Å². The second-order valence-electron chi connectivity index (χ2n) is 5.12. The van der Waals surface area contributed by atoms with Gasteiger partial charge < -0.3 is 5.73 Å². The van der Waals surface area contributed by atoms with Crippen molar-refractivity contribution < 1.29 is 12.8 Å². The lowest BCUT2D eigenvalue weighted by Gasteiger charge is -2.15. The summed E-state index contributed by atoms with van der Waals surface area (Å²) < 4.78 is 41.0. The average molecular weight is 318 g/mol. The van der Waals surface area contributed by atoms with Crippen LogP contribution in [0.1, 0.15) is 24.0 Å². The molecule has 1 aliphatic carbocycles. The number of hydrogen-bond donors (Lipinski definition) is 2. The summed E-state index contributed by atoms with van der Waals surface area (Å²) in [6, 6.07) is 2.72. The molecule has 3 N–H and O–H groups in total. The molecular weight excluding hydrogens is 299 g/mol. The standard InChI is InChI=1S/C13H19FN2O2S2/c1-9-11(14)5-10(7-15)6-12(9)20(17,18)16-8-13(19-2)3-4-13/h5-6,16H,3-4,7-8,15H2,1-2H3. The van der Waals surface area contributed by atoms with Gasteiger partial charge in [-0.25, -0.2) is 17.5 Å². The van der Waals surface area contributed by atoms with Crippen molar-refractivity contribution in [2.75, 3.05) is 12.8 Å². The van der Waals surface area contributed by atoms with E-state index in [9.17, 15) is 12.8 Å². The van der Waals surface area contributed by atoms with Gasteiger partial charge >= 0.3 is 0 Å². The summed E-state index contributed by atoms with van der Waals surface area (Å²) in [5, 5.41) is 0. The molecule has 0 bridgehead atoms. The second kappa shape index (κ2) is 5.63. The van der Waals surface area contributed by atoms with Gasteiger partial charge in [-0.15, -0.1) is 0 Å². The van der Waals surface area contributed by atoms with Gasteiger partial charge in [-0.05, 0) is 43.7 Å². The third-order valence-corrected chi connectivity index (χ3v) is 6.65. The summed E-state index contributed by atoms with van der Waals surface area (Å²) in [7, 11) is -3.71. The van der Waals surface area contributed by atoms with Crippen LogP contribution >= 0.6 is 11.8 Å². The molecule has 20 heavy (non-hydrogen) atoms. The van der Waals surface area contributed by atoms with Crippen LogP contribution in [0.25, 0.3) is 0 Å². The van der Waals surface area contributed by atoms with E-state index in [4.69, 9.17) is 5.73 Å². The lowest BCUT2D eigenvalue weighted by Crippen LogP contribution is -2.32. The molecule has 1 aromatic carbocycles. The van der Waals surface area contributed by atoms with Gasteiger partial charge in [-0.3, -0.25) is 0 Å². The number of sulfonamides is 1. The van der Waals surface area contributed by atoms with Gasteiger partial charge in [0.1, 0.15) is 5.82 Å². The lowest BCUT2D eigenvalue weighted by molar-refractivity contribution is 0.572. The molecule has 0 amide bonds. The topological polar surface area (TPSA) is 72.2 Å². The normalized spacial score (nSPS) is 17.2. The minimum atomic E-state index is -3.71. The number of hydrogen-bond acceptors (Lipinski definition) is 4. The van der Waals surface area contributed by atoms with Crippen LogP contribution in [0, 0.1) is 12.7 Å². The fraction of sp³-hybridized carbons (Fsp3) is 0.538. The molecule has 7 heteroatoms. The highest BCUT2D eigenvalue weighted by Crippen LogP contribution is 2.46. The first-order valence-corrected chi connectivity index (χ1v) is 9.08. The quantitative estimate of drug-likeness (QED) is 0.838. The van der Waals surface area contributed by atoms with Crippen LogP contribution in [0.5, 0.6) is 0 Å². The first kappa shape index (κ1) is 15.8. The van der Waals surface area contributed by atoms with Crippen LogP contribution in [0.15, 0.2) is 17.0 Å². The predicted octanol–water partition coefficient (Wildman–Crippen LogP) is 1.77. The predicted molar refractivity (Wildman–Crippen MR) is 79.7 cm³/mol. The molecule has 4 nitrogen and oxygen atoms in total. The highest BCUT2D eigenvalue weighted by Gasteiger charge is 2.42. The molecule has 0 unspecified atom stereocenters. The molecule has 0 spiro atoms. The maximum atomic E-state index is 13.8. The van der Waals surface area contributed by atoms with Gasteiger partial charge in [0.05, 0.1) is 4.90 Å². The summed E-state index contributed by atoms with van der Waals surface area (Å²) in [5.41, 5.74) is 6.07. The van der Waals surface area contributed by atoms with Crippen LogP contribution < -0.4 is 10.5 Å². The molecule has 1 aromatic rings. The molecular formula is C13H19FN2O2S2. The van der Waals surface area contributed by atoms with Crippen molar-refractivity contribution >= 4 is 21.8 Å². The Kier molecular flexibility index (Phi) is 4.44. The summed E-state index contributed by atoms with van der Waals surface area (Å²) in [5.74, 6) is -0.542. The minimum absolute atomic E-state index is 0.0187. The van der Waals surface area contributed by atoms with Crippen molar-refractivity contribution in [1.82, 2.24) is 4.72 Å². The molecule has 0 aromatic heterocycles. The van der Waals surface area contributed by atoms with Crippen molar-refractivity contribution in [3.63, 3.8) is 0 Å². The fourth-order valence-electron chi connectivity index (χ4n) is 2.00. The number of benzene rings is 1. The van der Waals surface area contributed by atoms with E-state index in [0.29, 0.717) is 12.1 Å². The third-order valence-electron chi connectivity index (χ3n) is 3.71. The Morgan fingerprint density at radius 1 is 1.45 bits per heavy atom. The number of thioether (sulfide) groups is 1. The van der Waals surface area contributed by atoms with E-state index in [0.717, 1.165) is 12.8 Å². The van der Waals surface area contributed by atoms with Crippen molar-refractivity contribution in [2.24, 2.45) is 5.73 Å². The van der Waals surface area contributed by atoms with Gasteiger partial charge in [0.2, 0.25) is 10.0 Å². The van der Waals surface area contributed by atoms with Crippen molar-refractivity contribution in [1.29, 1.82) is 0 Å². The summed E-state index contributed by atoms with van der Waals surface area (Å²) in [4.78, 5) is -0.0187. The summed E-state index contributed by atoms with van der Waals surface area (Å²) >= 11 is 1.67. The van der Waals surface area contributed by atoms with Gasteiger partial charge in [-0.1, -0.05) is 0 Å². The summed E-state index contributed by atoms with van der Waals surface area (Å²) in [6.07, 6.45) is 3.99. The maximum Gasteiger partial charge on any atom is 0.240 e. The molecule has 0 radical (unpaired) electrons. The molecule has 0 saturated heterocycles. The van der Waals surface area contributed by atoms with Gasteiger partial charge in [0, 0.05) is 23.4 Å². The Labute approximate surface area is 123 Å². The van der Waals surface area contributed by atoms with Crippen LogP contribution in [-0.4, -0.2) is 26.0 Å². The molecule has 1 fully saturated rings. The molecule has 0 atom stereocenters. The summed E-state index contributed by atoms with van der Waals surface area (Å²) in [6.45, 7) is 1.95. The van der Waals surface area contributed by atoms with Crippen molar-refractivity contribution in [3.05, 3.63) is 29.1 Å².